The Labute approximate surface area is 211 Å². The molecule has 1 aromatic heterocycles. The molecule has 6 bridgehead atoms. The average Bonchev–Trinajstić information content (AvgIpc) is 2.83. The second-order valence-corrected chi connectivity index (χ2v) is 10.7. The Morgan fingerprint density at radius 2 is 1.89 bits per heavy atom. The third-order valence-electron chi connectivity index (χ3n) is 7.01. The van der Waals surface area contributed by atoms with E-state index in [1.807, 2.05) is 24.3 Å². The van der Waals surface area contributed by atoms with E-state index in [0.717, 1.165) is 65.9 Å². The number of amides is 1. The van der Waals surface area contributed by atoms with Crippen molar-refractivity contribution in [3.8, 4) is 0 Å². The van der Waals surface area contributed by atoms with Crippen LogP contribution in [0.15, 0.2) is 48.7 Å². The number of hydrogen-bond donors (Lipinski definition) is 3. The second kappa shape index (κ2) is 9.84. The smallest absolute Gasteiger partial charge is 0.229 e. The first-order chi connectivity index (χ1) is 16.8. The number of carbonyl (C=O) groups is 1. The van der Waals surface area contributed by atoms with E-state index >= 15 is 0 Å². The minimum Gasteiger partial charge on any atom is -0.339 e. The Bertz CT molecular complexity index is 1230. The number of rotatable bonds is 3. The van der Waals surface area contributed by atoms with Gasteiger partial charge < -0.3 is 20.4 Å². The van der Waals surface area contributed by atoms with E-state index in [1.54, 1.807) is 6.20 Å². The van der Waals surface area contributed by atoms with Gasteiger partial charge in [-0.3, -0.25) is 4.79 Å². The molecule has 0 aliphatic carbocycles. The number of halogens is 1. The number of piperidine rings is 1. The van der Waals surface area contributed by atoms with E-state index in [-0.39, 0.29) is 5.91 Å². The third kappa shape index (κ3) is 5.92. The molecule has 1 amide bonds. The summed E-state index contributed by atoms with van der Waals surface area (Å²) in [7, 11) is 4.53. The molecule has 2 aliphatic rings. The van der Waals surface area contributed by atoms with Crippen molar-refractivity contribution in [1.82, 2.24) is 9.97 Å². The fourth-order valence-electron chi connectivity index (χ4n) is 4.85. The van der Waals surface area contributed by atoms with Gasteiger partial charge in [-0.25, -0.2) is 4.98 Å². The highest BCUT2D eigenvalue weighted by molar-refractivity contribution is 6.32. The van der Waals surface area contributed by atoms with Crippen LogP contribution in [0.5, 0.6) is 0 Å². The van der Waals surface area contributed by atoms with Crippen molar-refractivity contribution in [2.45, 2.75) is 32.1 Å². The molecule has 3 N–H and O–H groups in total. The lowest BCUT2D eigenvalue weighted by atomic mass is 9.92. The normalized spacial score (nSPS) is 17.1. The maximum absolute atomic E-state index is 13.0. The molecule has 0 spiro atoms. The molecular formula is C27H32ClN6O+. The van der Waals surface area contributed by atoms with Gasteiger partial charge in [0.1, 0.15) is 5.02 Å². The zero-order chi connectivity index (χ0) is 24.4. The fraction of sp³-hybridized carbons (Fsp3) is 0.370. The average molecular weight is 492 g/mol. The number of aromatic nitrogens is 2. The first-order valence-electron chi connectivity index (χ1n) is 12.2. The van der Waals surface area contributed by atoms with Crippen LogP contribution < -0.4 is 16.0 Å². The van der Waals surface area contributed by atoms with Gasteiger partial charge in [0, 0.05) is 36.3 Å². The molecule has 5 rings (SSSR count). The van der Waals surface area contributed by atoms with Gasteiger partial charge >= 0.3 is 0 Å². The molecule has 182 valence electrons. The summed E-state index contributed by atoms with van der Waals surface area (Å²) in [6, 6.07) is 14.2. The molecule has 8 heteroatoms. The van der Waals surface area contributed by atoms with Crippen LogP contribution in [-0.2, 0) is 17.6 Å². The summed E-state index contributed by atoms with van der Waals surface area (Å²) in [6.07, 6.45) is 6.00. The quantitative estimate of drug-likeness (QED) is 0.420. The standard InChI is InChI=1S/C27H31ClN6O/c1-34(2)12-10-19(11-13-34)15-25(35)32-24-9-8-22-16-20(24)7-6-18-4-3-5-21(14-18)31-27-29-17-23(28)26(30-22)33-27/h3-5,8-9,14,16-17,19H,6-7,10-13,15H2,1-2H3,(H2-,29,30,31,32,33,35)/p+1. The van der Waals surface area contributed by atoms with Crippen molar-refractivity contribution in [3.63, 3.8) is 0 Å². The minimum absolute atomic E-state index is 0.0942. The summed E-state index contributed by atoms with van der Waals surface area (Å²) in [4.78, 5) is 21.8. The number of fused-ring (bicyclic) bond motifs is 6. The lowest BCUT2D eigenvalue weighted by Crippen LogP contribution is -2.46. The maximum atomic E-state index is 13.0. The molecule has 3 heterocycles. The first-order valence-corrected chi connectivity index (χ1v) is 12.6. The zero-order valence-electron chi connectivity index (χ0n) is 20.3. The highest BCUT2D eigenvalue weighted by Gasteiger charge is 2.27. The maximum Gasteiger partial charge on any atom is 0.229 e. The van der Waals surface area contributed by atoms with Crippen LogP contribution in [0, 0.1) is 5.92 Å². The van der Waals surface area contributed by atoms with Crippen LogP contribution in [0.2, 0.25) is 5.02 Å². The van der Waals surface area contributed by atoms with E-state index in [2.05, 4.69) is 58.2 Å². The number of hydrogen-bond acceptors (Lipinski definition) is 5. The lowest BCUT2D eigenvalue weighted by molar-refractivity contribution is -0.896. The van der Waals surface area contributed by atoms with Crippen LogP contribution in [-0.4, -0.2) is 47.5 Å². The van der Waals surface area contributed by atoms with Gasteiger partial charge in [-0.15, -0.1) is 0 Å². The van der Waals surface area contributed by atoms with Crippen LogP contribution in [0.3, 0.4) is 0 Å². The molecule has 35 heavy (non-hydrogen) atoms. The van der Waals surface area contributed by atoms with Crippen LogP contribution in [0.4, 0.5) is 28.8 Å². The predicted octanol–water partition coefficient (Wildman–Crippen LogP) is 5.53. The van der Waals surface area contributed by atoms with Gasteiger partial charge in [0.2, 0.25) is 11.9 Å². The molecule has 2 aromatic carbocycles. The zero-order valence-corrected chi connectivity index (χ0v) is 21.0. The lowest BCUT2D eigenvalue weighted by Gasteiger charge is -2.37. The Kier molecular flexibility index (Phi) is 6.62. The molecule has 1 saturated heterocycles. The van der Waals surface area contributed by atoms with Gasteiger partial charge in [0.15, 0.2) is 5.82 Å². The number of benzene rings is 2. The summed E-state index contributed by atoms with van der Waals surface area (Å²) < 4.78 is 1.05. The highest BCUT2D eigenvalue weighted by atomic mass is 35.5. The third-order valence-corrected chi connectivity index (χ3v) is 7.29. The number of quaternary nitrogens is 1. The molecule has 0 atom stereocenters. The monoisotopic (exact) mass is 491 g/mol. The topological polar surface area (TPSA) is 78.9 Å². The van der Waals surface area contributed by atoms with Gasteiger partial charge in [-0.1, -0.05) is 23.7 Å². The number of nitrogens with one attached hydrogen (secondary N) is 3. The molecule has 0 radical (unpaired) electrons. The van der Waals surface area contributed by atoms with Gasteiger partial charge in [-0.2, -0.15) is 4.98 Å². The Morgan fingerprint density at radius 3 is 2.71 bits per heavy atom. The molecule has 0 unspecified atom stereocenters. The van der Waals surface area contributed by atoms with Gasteiger partial charge in [0.05, 0.1) is 33.4 Å². The SMILES string of the molecule is C[N+]1(C)CCC(CC(=O)Nc2ccc3cc2CCc2cccc(c2)Nc2ncc(Cl)c(n2)N3)CC1. The van der Waals surface area contributed by atoms with Crippen molar-refractivity contribution in [1.29, 1.82) is 0 Å². The van der Waals surface area contributed by atoms with E-state index < -0.39 is 0 Å². The second-order valence-electron chi connectivity index (χ2n) is 10.3. The van der Waals surface area contributed by atoms with Crippen LogP contribution in [0.25, 0.3) is 0 Å². The van der Waals surface area contributed by atoms with Crippen LogP contribution in [0.1, 0.15) is 30.4 Å². The molecular weight excluding hydrogens is 460 g/mol. The molecule has 0 saturated carbocycles. The highest BCUT2D eigenvalue weighted by Crippen LogP contribution is 2.30. The Morgan fingerprint density at radius 1 is 1.09 bits per heavy atom. The van der Waals surface area contributed by atoms with Gasteiger partial charge in [0.25, 0.3) is 0 Å². The summed E-state index contributed by atoms with van der Waals surface area (Å²) in [5.74, 6) is 1.55. The number of nitrogens with zero attached hydrogens (tertiary/aromatic N) is 3. The van der Waals surface area contributed by atoms with E-state index in [9.17, 15) is 4.79 Å². The number of anilines is 5. The van der Waals surface area contributed by atoms with E-state index in [4.69, 9.17) is 11.6 Å². The molecule has 2 aliphatic heterocycles. The summed E-state index contributed by atoms with van der Waals surface area (Å²) >= 11 is 6.37. The number of likely N-dealkylation sites (tertiary alicyclic amines) is 1. The summed E-state index contributed by atoms with van der Waals surface area (Å²) in [5.41, 5.74) is 4.92. The van der Waals surface area contributed by atoms with Crippen molar-refractivity contribution >= 4 is 46.3 Å². The molecule has 1 fully saturated rings. The number of aryl methyl sites for hydroxylation is 2. The van der Waals surface area contributed by atoms with Crippen LogP contribution >= 0.6 is 11.6 Å². The van der Waals surface area contributed by atoms with Crippen molar-refractivity contribution in [2.75, 3.05) is 43.1 Å². The Balaban J connectivity index is 1.39. The van der Waals surface area contributed by atoms with Crippen molar-refractivity contribution < 1.29 is 9.28 Å². The Hall–Kier alpha value is -3.16. The first kappa shape index (κ1) is 23.6. The fourth-order valence-corrected chi connectivity index (χ4v) is 4.99. The van der Waals surface area contributed by atoms with E-state index in [0.29, 0.717) is 29.1 Å². The largest absolute Gasteiger partial charge is 0.339 e. The molecule has 3 aromatic rings. The summed E-state index contributed by atoms with van der Waals surface area (Å²) in [6.45, 7) is 2.26. The summed E-state index contributed by atoms with van der Waals surface area (Å²) in [5, 5.41) is 10.2. The predicted molar refractivity (Wildman–Crippen MR) is 142 cm³/mol. The minimum atomic E-state index is 0.0942. The van der Waals surface area contributed by atoms with Gasteiger partial charge in [-0.05, 0) is 60.2 Å². The van der Waals surface area contributed by atoms with Crippen molar-refractivity contribution in [2.24, 2.45) is 5.92 Å². The van der Waals surface area contributed by atoms with Crippen molar-refractivity contribution in [3.05, 3.63) is 64.8 Å². The molecule has 7 nitrogen and oxygen atoms in total. The van der Waals surface area contributed by atoms with E-state index in [1.165, 1.54) is 5.56 Å². The number of carbonyl (C=O) groups excluding carboxylic acids is 1.